The number of aryl methyl sites for hydroxylation is 1. The quantitative estimate of drug-likeness (QED) is 0.744. The molecule has 14 heavy (non-hydrogen) atoms. The Kier molecular flexibility index (Phi) is 2.82. The van der Waals surface area contributed by atoms with Gasteiger partial charge in [-0.1, -0.05) is 5.16 Å². The fourth-order valence-electron chi connectivity index (χ4n) is 2.06. The SMILES string of the molecule is Cc1cc(C2CCCN2CCF)on1. The number of halogens is 1. The van der Waals surface area contributed by atoms with Crippen LogP contribution in [0, 0.1) is 6.92 Å². The van der Waals surface area contributed by atoms with Crippen LogP contribution in [0.15, 0.2) is 10.6 Å². The molecule has 3 nitrogen and oxygen atoms in total. The molecule has 1 fully saturated rings. The minimum Gasteiger partial charge on any atom is -0.359 e. The molecule has 1 aromatic rings. The van der Waals surface area contributed by atoms with Crippen molar-refractivity contribution >= 4 is 0 Å². The second-order valence-corrected chi connectivity index (χ2v) is 3.75. The molecule has 1 atom stereocenters. The Bertz CT molecular complexity index is 300. The predicted octanol–water partition coefficient (Wildman–Crippen LogP) is 2.09. The summed E-state index contributed by atoms with van der Waals surface area (Å²) in [4.78, 5) is 2.12. The second kappa shape index (κ2) is 4.09. The molecule has 1 aliphatic heterocycles. The first-order valence-electron chi connectivity index (χ1n) is 5.04. The van der Waals surface area contributed by atoms with Gasteiger partial charge in [-0.05, 0) is 26.3 Å². The molecule has 0 N–H and O–H groups in total. The highest BCUT2D eigenvalue weighted by Crippen LogP contribution is 2.31. The number of likely N-dealkylation sites (tertiary alicyclic amines) is 1. The van der Waals surface area contributed by atoms with Crippen LogP contribution in [-0.4, -0.2) is 29.8 Å². The van der Waals surface area contributed by atoms with Crippen LogP contribution in [0.3, 0.4) is 0 Å². The molecule has 0 spiro atoms. The zero-order valence-electron chi connectivity index (χ0n) is 8.37. The first-order chi connectivity index (χ1) is 6.81. The summed E-state index contributed by atoms with van der Waals surface area (Å²) >= 11 is 0. The summed E-state index contributed by atoms with van der Waals surface area (Å²) in [6.07, 6.45) is 2.17. The summed E-state index contributed by atoms with van der Waals surface area (Å²) < 4.78 is 17.5. The van der Waals surface area contributed by atoms with Crippen molar-refractivity contribution < 1.29 is 8.91 Å². The van der Waals surface area contributed by atoms with Gasteiger partial charge in [0.05, 0.1) is 11.7 Å². The molecule has 1 aromatic heterocycles. The lowest BCUT2D eigenvalue weighted by Gasteiger charge is -2.20. The standard InChI is InChI=1S/C10H15FN2O/c1-8-7-10(14-12-8)9-3-2-5-13(9)6-4-11/h7,9H,2-6H2,1H3. The van der Waals surface area contributed by atoms with E-state index in [2.05, 4.69) is 10.1 Å². The van der Waals surface area contributed by atoms with Gasteiger partial charge in [0.2, 0.25) is 0 Å². The van der Waals surface area contributed by atoms with E-state index in [1.807, 2.05) is 13.0 Å². The number of alkyl halides is 1. The molecule has 4 heteroatoms. The van der Waals surface area contributed by atoms with E-state index in [0.717, 1.165) is 30.8 Å². The van der Waals surface area contributed by atoms with E-state index in [1.54, 1.807) is 0 Å². The number of nitrogens with zero attached hydrogens (tertiary/aromatic N) is 2. The third kappa shape index (κ3) is 1.80. The van der Waals surface area contributed by atoms with Crippen molar-refractivity contribution in [3.63, 3.8) is 0 Å². The van der Waals surface area contributed by atoms with Gasteiger partial charge in [0.1, 0.15) is 6.67 Å². The monoisotopic (exact) mass is 198 g/mol. The molecule has 78 valence electrons. The largest absolute Gasteiger partial charge is 0.359 e. The highest BCUT2D eigenvalue weighted by molar-refractivity contribution is 5.09. The normalized spacial score (nSPS) is 23.1. The molecule has 1 aliphatic rings. The van der Waals surface area contributed by atoms with E-state index >= 15 is 0 Å². The average molecular weight is 198 g/mol. The van der Waals surface area contributed by atoms with Crippen LogP contribution in [0.5, 0.6) is 0 Å². The van der Waals surface area contributed by atoms with Gasteiger partial charge in [-0.3, -0.25) is 4.90 Å². The predicted molar refractivity (Wildman–Crippen MR) is 50.8 cm³/mol. The van der Waals surface area contributed by atoms with E-state index < -0.39 is 0 Å². The number of hydrogen-bond acceptors (Lipinski definition) is 3. The summed E-state index contributed by atoms with van der Waals surface area (Å²) in [5, 5.41) is 3.86. The third-order valence-electron chi connectivity index (χ3n) is 2.71. The van der Waals surface area contributed by atoms with Crippen LogP contribution in [-0.2, 0) is 0 Å². The lowest BCUT2D eigenvalue weighted by molar-refractivity contribution is 0.199. The van der Waals surface area contributed by atoms with Gasteiger partial charge in [-0.2, -0.15) is 0 Å². The Morgan fingerprint density at radius 1 is 1.71 bits per heavy atom. The Labute approximate surface area is 82.9 Å². The van der Waals surface area contributed by atoms with E-state index in [9.17, 15) is 4.39 Å². The van der Waals surface area contributed by atoms with Crippen molar-refractivity contribution in [2.24, 2.45) is 0 Å². The number of aromatic nitrogens is 1. The van der Waals surface area contributed by atoms with Gasteiger partial charge in [0.25, 0.3) is 0 Å². The molecule has 0 aliphatic carbocycles. The molecular formula is C10H15FN2O. The summed E-state index contributed by atoms with van der Waals surface area (Å²) in [7, 11) is 0. The third-order valence-corrected chi connectivity index (χ3v) is 2.71. The zero-order chi connectivity index (χ0) is 9.97. The summed E-state index contributed by atoms with van der Waals surface area (Å²) in [5.41, 5.74) is 0.895. The van der Waals surface area contributed by atoms with Crippen molar-refractivity contribution in [2.45, 2.75) is 25.8 Å². The Hall–Kier alpha value is -0.900. The van der Waals surface area contributed by atoms with Gasteiger partial charge < -0.3 is 4.52 Å². The summed E-state index contributed by atoms with van der Waals surface area (Å²) in [6, 6.07) is 2.19. The Morgan fingerprint density at radius 2 is 2.57 bits per heavy atom. The summed E-state index contributed by atoms with van der Waals surface area (Å²) in [5.74, 6) is 0.883. The fourth-order valence-corrected chi connectivity index (χ4v) is 2.06. The number of rotatable bonds is 3. The second-order valence-electron chi connectivity index (χ2n) is 3.75. The fraction of sp³-hybridized carbons (Fsp3) is 0.700. The molecule has 0 saturated carbocycles. The van der Waals surface area contributed by atoms with E-state index in [-0.39, 0.29) is 12.7 Å². The van der Waals surface area contributed by atoms with Crippen LogP contribution in [0.2, 0.25) is 0 Å². The maximum absolute atomic E-state index is 12.3. The number of hydrogen-bond donors (Lipinski definition) is 0. The van der Waals surface area contributed by atoms with E-state index in [1.165, 1.54) is 0 Å². The maximum atomic E-state index is 12.3. The first kappa shape index (κ1) is 9.65. The van der Waals surface area contributed by atoms with Crippen LogP contribution < -0.4 is 0 Å². The van der Waals surface area contributed by atoms with E-state index in [0.29, 0.717) is 6.54 Å². The first-order valence-corrected chi connectivity index (χ1v) is 5.04. The van der Waals surface area contributed by atoms with E-state index in [4.69, 9.17) is 4.52 Å². The van der Waals surface area contributed by atoms with Crippen molar-refractivity contribution in [1.29, 1.82) is 0 Å². The Morgan fingerprint density at radius 3 is 3.21 bits per heavy atom. The van der Waals surface area contributed by atoms with Crippen LogP contribution in [0.1, 0.15) is 30.3 Å². The molecule has 2 heterocycles. The van der Waals surface area contributed by atoms with Gasteiger partial charge in [0, 0.05) is 12.6 Å². The lowest BCUT2D eigenvalue weighted by Crippen LogP contribution is -2.25. The lowest BCUT2D eigenvalue weighted by atomic mass is 10.1. The van der Waals surface area contributed by atoms with Gasteiger partial charge in [-0.15, -0.1) is 0 Å². The minimum absolute atomic E-state index is 0.243. The van der Waals surface area contributed by atoms with Gasteiger partial charge >= 0.3 is 0 Å². The molecule has 0 radical (unpaired) electrons. The zero-order valence-corrected chi connectivity index (χ0v) is 8.37. The van der Waals surface area contributed by atoms with Crippen LogP contribution >= 0.6 is 0 Å². The molecule has 2 rings (SSSR count). The van der Waals surface area contributed by atoms with Crippen LogP contribution in [0.25, 0.3) is 0 Å². The van der Waals surface area contributed by atoms with Gasteiger partial charge in [0.15, 0.2) is 5.76 Å². The van der Waals surface area contributed by atoms with Crippen molar-refractivity contribution in [1.82, 2.24) is 10.1 Å². The Balaban J connectivity index is 2.09. The topological polar surface area (TPSA) is 29.3 Å². The van der Waals surface area contributed by atoms with Crippen LogP contribution in [0.4, 0.5) is 4.39 Å². The average Bonchev–Trinajstić information content (AvgIpc) is 2.74. The minimum atomic E-state index is -0.288. The molecule has 1 unspecified atom stereocenters. The van der Waals surface area contributed by atoms with Gasteiger partial charge in [-0.25, -0.2) is 4.39 Å². The van der Waals surface area contributed by atoms with Crippen molar-refractivity contribution in [3.05, 3.63) is 17.5 Å². The van der Waals surface area contributed by atoms with Crippen molar-refractivity contribution in [3.8, 4) is 0 Å². The molecule has 0 bridgehead atoms. The molecule has 0 aromatic carbocycles. The summed E-state index contributed by atoms with van der Waals surface area (Å²) in [6.45, 7) is 3.09. The maximum Gasteiger partial charge on any atom is 0.154 e. The molecule has 1 saturated heterocycles. The smallest absolute Gasteiger partial charge is 0.154 e. The highest BCUT2D eigenvalue weighted by atomic mass is 19.1. The molecular weight excluding hydrogens is 183 g/mol. The molecule has 0 amide bonds. The van der Waals surface area contributed by atoms with Crippen molar-refractivity contribution in [2.75, 3.05) is 19.8 Å². The highest BCUT2D eigenvalue weighted by Gasteiger charge is 2.28.